The van der Waals surface area contributed by atoms with Crippen molar-refractivity contribution in [2.75, 3.05) is 6.54 Å². The van der Waals surface area contributed by atoms with Gasteiger partial charge >= 0.3 is 12.1 Å². The molecule has 1 fully saturated rings. The van der Waals surface area contributed by atoms with Gasteiger partial charge in [0.1, 0.15) is 5.60 Å². The smallest absolute Gasteiger partial charge is 0.410 e. The van der Waals surface area contributed by atoms with Crippen molar-refractivity contribution < 1.29 is 19.4 Å². The molecule has 1 rings (SSSR count). The van der Waals surface area contributed by atoms with Crippen molar-refractivity contribution in [3.8, 4) is 0 Å². The first-order valence-electron chi connectivity index (χ1n) is 7.63. The van der Waals surface area contributed by atoms with E-state index in [2.05, 4.69) is 13.8 Å². The first kappa shape index (κ1) is 17.8. The third-order valence-corrected chi connectivity index (χ3v) is 3.90. The third-order valence-electron chi connectivity index (χ3n) is 3.90. The van der Waals surface area contributed by atoms with E-state index in [1.165, 1.54) is 0 Å². The summed E-state index contributed by atoms with van der Waals surface area (Å²) in [4.78, 5) is 25.1. The summed E-state index contributed by atoms with van der Waals surface area (Å²) in [6, 6.07) is -0.0658. The summed E-state index contributed by atoms with van der Waals surface area (Å²) in [5.41, 5.74) is -0.504. The lowest BCUT2D eigenvalue weighted by atomic mass is 9.78. The molecule has 0 spiro atoms. The number of nitrogens with zero attached hydrogens (tertiary/aromatic N) is 1. The van der Waals surface area contributed by atoms with Crippen LogP contribution in [-0.4, -0.2) is 40.3 Å². The van der Waals surface area contributed by atoms with Gasteiger partial charge in [0, 0.05) is 19.0 Å². The second-order valence-corrected chi connectivity index (χ2v) is 7.95. The van der Waals surface area contributed by atoms with E-state index in [0.717, 1.165) is 12.8 Å². The SMILES string of the molecule is CC(CC(=O)O)C1CCC(C)(C)CN1C(=O)OC(C)(C)C. The number of carbonyl (C=O) groups excluding carboxylic acids is 1. The van der Waals surface area contributed by atoms with Crippen LogP contribution in [0.25, 0.3) is 0 Å². The van der Waals surface area contributed by atoms with Gasteiger partial charge in [-0.1, -0.05) is 20.8 Å². The van der Waals surface area contributed by atoms with E-state index < -0.39 is 11.6 Å². The third kappa shape index (κ3) is 5.56. The number of piperidine rings is 1. The molecule has 2 atom stereocenters. The highest BCUT2D eigenvalue weighted by molar-refractivity contribution is 5.70. The number of hydrogen-bond donors (Lipinski definition) is 1. The lowest BCUT2D eigenvalue weighted by Crippen LogP contribution is -2.53. The zero-order valence-corrected chi connectivity index (χ0v) is 14.1. The maximum absolute atomic E-state index is 12.5. The largest absolute Gasteiger partial charge is 0.481 e. The number of amides is 1. The normalized spacial score (nSPS) is 23.5. The van der Waals surface area contributed by atoms with Crippen molar-refractivity contribution in [1.29, 1.82) is 0 Å². The van der Waals surface area contributed by atoms with Crippen LogP contribution < -0.4 is 0 Å². The van der Waals surface area contributed by atoms with Crippen LogP contribution in [0.15, 0.2) is 0 Å². The van der Waals surface area contributed by atoms with Crippen LogP contribution in [0.3, 0.4) is 0 Å². The van der Waals surface area contributed by atoms with Gasteiger partial charge in [0.15, 0.2) is 0 Å². The fraction of sp³-hybridized carbons (Fsp3) is 0.875. The van der Waals surface area contributed by atoms with E-state index in [1.54, 1.807) is 4.90 Å². The van der Waals surface area contributed by atoms with Gasteiger partial charge < -0.3 is 14.7 Å². The standard InChI is InChI=1S/C16H29NO4/c1-11(9-13(18)19)12-7-8-16(5,6)10-17(12)14(20)21-15(2,3)4/h11-12H,7-10H2,1-6H3,(H,18,19). The summed E-state index contributed by atoms with van der Waals surface area (Å²) in [6.45, 7) is 12.3. The fourth-order valence-corrected chi connectivity index (χ4v) is 2.88. The molecule has 0 aromatic carbocycles. The summed E-state index contributed by atoms with van der Waals surface area (Å²) in [7, 11) is 0. The fourth-order valence-electron chi connectivity index (χ4n) is 2.88. The Balaban J connectivity index is 2.89. The van der Waals surface area contributed by atoms with Crippen LogP contribution >= 0.6 is 0 Å². The van der Waals surface area contributed by atoms with Crippen LogP contribution in [0.2, 0.25) is 0 Å². The summed E-state index contributed by atoms with van der Waals surface area (Å²) in [5, 5.41) is 8.99. The zero-order valence-electron chi connectivity index (χ0n) is 14.1. The molecule has 0 bridgehead atoms. The highest BCUT2D eigenvalue weighted by Crippen LogP contribution is 2.36. The van der Waals surface area contributed by atoms with Crippen molar-refractivity contribution in [1.82, 2.24) is 4.90 Å². The Kier molecular flexibility index (Phi) is 5.29. The maximum atomic E-state index is 12.5. The van der Waals surface area contributed by atoms with E-state index in [4.69, 9.17) is 9.84 Å². The number of aliphatic carboxylic acids is 1. The molecule has 0 aliphatic carbocycles. The van der Waals surface area contributed by atoms with Gasteiger partial charge in [-0.2, -0.15) is 0 Å². The summed E-state index contributed by atoms with van der Waals surface area (Å²) in [5.74, 6) is -0.900. The molecule has 1 amide bonds. The molecule has 1 heterocycles. The summed E-state index contributed by atoms with van der Waals surface area (Å²) >= 11 is 0. The Morgan fingerprint density at radius 1 is 1.38 bits per heavy atom. The van der Waals surface area contributed by atoms with Crippen molar-refractivity contribution in [2.45, 2.75) is 72.4 Å². The first-order valence-corrected chi connectivity index (χ1v) is 7.63. The summed E-state index contributed by atoms with van der Waals surface area (Å²) < 4.78 is 5.50. The van der Waals surface area contributed by atoms with Crippen LogP contribution in [0.4, 0.5) is 4.79 Å². The van der Waals surface area contributed by atoms with Crippen LogP contribution in [0, 0.1) is 11.3 Å². The minimum Gasteiger partial charge on any atom is -0.481 e. The molecule has 2 unspecified atom stereocenters. The molecular formula is C16H29NO4. The first-order chi connectivity index (χ1) is 9.41. The average molecular weight is 299 g/mol. The van der Waals surface area contributed by atoms with Crippen molar-refractivity contribution in [2.24, 2.45) is 11.3 Å². The highest BCUT2D eigenvalue weighted by Gasteiger charge is 2.40. The Morgan fingerprint density at radius 3 is 2.43 bits per heavy atom. The Labute approximate surface area is 127 Å². The molecule has 0 saturated carbocycles. The van der Waals surface area contributed by atoms with Crippen molar-refractivity contribution in [3.63, 3.8) is 0 Å². The van der Waals surface area contributed by atoms with E-state index in [-0.39, 0.29) is 29.9 Å². The van der Waals surface area contributed by atoms with Gasteiger partial charge in [0.05, 0.1) is 0 Å². The van der Waals surface area contributed by atoms with Gasteiger partial charge in [-0.25, -0.2) is 4.79 Å². The minimum absolute atomic E-state index is 0.0380. The molecule has 1 aliphatic heterocycles. The molecule has 122 valence electrons. The minimum atomic E-state index is -0.823. The molecule has 21 heavy (non-hydrogen) atoms. The Morgan fingerprint density at radius 2 is 1.95 bits per heavy atom. The molecule has 5 heteroatoms. The van der Waals surface area contributed by atoms with Gasteiger partial charge in [0.25, 0.3) is 0 Å². The lowest BCUT2D eigenvalue weighted by molar-refractivity contribution is -0.138. The number of ether oxygens (including phenoxy) is 1. The van der Waals surface area contributed by atoms with E-state index in [9.17, 15) is 9.59 Å². The van der Waals surface area contributed by atoms with Gasteiger partial charge in [0.2, 0.25) is 0 Å². The average Bonchev–Trinajstić information content (AvgIpc) is 2.24. The zero-order chi connectivity index (χ0) is 16.4. The number of carboxylic acids is 1. The molecule has 0 aromatic heterocycles. The molecule has 5 nitrogen and oxygen atoms in total. The molecule has 1 saturated heterocycles. The molecular weight excluding hydrogens is 270 g/mol. The van der Waals surface area contributed by atoms with E-state index in [0.29, 0.717) is 6.54 Å². The number of rotatable bonds is 3. The maximum Gasteiger partial charge on any atom is 0.410 e. The monoisotopic (exact) mass is 299 g/mol. The molecule has 0 aromatic rings. The molecule has 0 radical (unpaired) electrons. The Bertz CT molecular complexity index is 398. The van der Waals surface area contributed by atoms with Crippen molar-refractivity contribution in [3.05, 3.63) is 0 Å². The lowest BCUT2D eigenvalue weighted by Gasteiger charge is -2.45. The number of carboxylic acid groups (broad SMARTS) is 1. The number of hydrogen-bond acceptors (Lipinski definition) is 3. The van der Waals surface area contributed by atoms with Gasteiger partial charge in [-0.05, 0) is 44.9 Å². The second kappa shape index (κ2) is 6.24. The quantitative estimate of drug-likeness (QED) is 0.865. The predicted molar refractivity (Wildman–Crippen MR) is 81.2 cm³/mol. The van der Waals surface area contributed by atoms with Crippen LogP contribution in [-0.2, 0) is 9.53 Å². The summed E-state index contributed by atoms with van der Waals surface area (Å²) in [6.07, 6.45) is 1.55. The predicted octanol–water partition coefficient (Wildman–Crippen LogP) is 3.52. The van der Waals surface area contributed by atoms with E-state index in [1.807, 2.05) is 27.7 Å². The highest BCUT2D eigenvalue weighted by atomic mass is 16.6. The molecule has 1 aliphatic rings. The van der Waals surface area contributed by atoms with Crippen LogP contribution in [0.5, 0.6) is 0 Å². The second-order valence-electron chi connectivity index (χ2n) is 7.95. The van der Waals surface area contributed by atoms with Gasteiger partial charge in [-0.3, -0.25) is 4.79 Å². The molecule has 1 N–H and O–H groups in total. The van der Waals surface area contributed by atoms with E-state index >= 15 is 0 Å². The van der Waals surface area contributed by atoms with Gasteiger partial charge in [-0.15, -0.1) is 0 Å². The number of likely N-dealkylation sites (tertiary alicyclic amines) is 1. The number of carbonyl (C=O) groups is 2. The topological polar surface area (TPSA) is 66.8 Å². The Hall–Kier alpha value is -1.26. The van der Waals surface area contributed by atoms with Crippen LogP contribution in [0.1, 0.15) is 60.8 Å². The van der Waals surface area contributed by atoms with Crippen molar-refractivity contribution >= 4 is 12.1 Å².